The molecule has 32 heavy (non-hydrogen) atoms. The van der Waals surface area contributed by atoms with Crippen LogP contribution in [0.25, 0.3) is 0 Å². The number of primary amides is 3. The Kier molecular flexibility index (Phi) is 112. The largest absolute Gasteiger partial charge is 0.370 e. The topological polar surface area (TPSA) is 229 Å². The normalized spacial score (nSPS) is 6.28. The summed E-state index contributed by atoms with van der Waals surface area (Å²) in [4.78, 5) is 37.5. The van der Waals surface area contributed by atoms with Gasteiger partial charge in [0.25, 0.3) is 0 Å². The van der Waals surface area contributed by atoms with Crippen molar-refractivity contribution >= 4 is 34.9 Å². The van der Waals surface area contributed by atoms with Gasteiger partial charge in [0.05, 0.1) is 0 Å². The number of hydrogen-bond donors (Lipinski definition) is 6. The molecule has 10 heteroatoms. The van der Waals surface area contributed by atoms with E-state index in [-0.39, 0.29) is 29.7 Å². The molecule has 10 nitrogen and oxygen atoms in total. The van der Waals surface area contributed by atoms with Gasteiger partial charge in [-0.2, -0.15) is 0 Å². The van der Waals surface area contributed by atoms with Crippen molar-refractivity contribution in [3.8, 4) is 0 Å². The van der Waals surface area contributed by atoms with Crippen LogP contribution in [0.1, 0.15) is 109 Å². The highest BCUT2D eigenvalue weighted by molar-refractivity contribution is 5.78. The van der Waals surface area contributed by atoms with Gasteiger partial charge in [0.2, 0.25) is 17.7 Å². The van der Waals surface area contributed by atoms with Gasteiger partial charge in [-0.05, 0) is 33.6 Å². The predicted octanol–water partition coefficient (Wildman–Crippen LogP) is 4.55. The van der Waals surface area contributed by atoms with Crippen molar-refractivity contribution in [1.82, 2.24) is 6.15 Å². The van der Waals surface area contributed by atoms with Crippen molar-refractivity contribution in [2.24, 2.45) is 17.2 Å². The summed E-state index contributed by atoms with van der Waals surface area (Å²) in [5.74, 6) is -0.745. The SMILES string of the molecule is CC.CC.CC(N)=O.CC(N)=O.CC(N)=O.CCC(C)=N.CCC(C)=N.CCC(C)=O.N. The Morgan fingerprint density at radius 3 is 0.594 bits per heavy atom. The van der Waals surface area contributed by atoms with Gasteiger partial charge in [-0.15, -0.1) is 0 Å². The van der Waals surface area contributed by atoms with Gasteiger partial charge in [-0.1, -0.05) is 48.5 Å². The Hall–Kier alpha value is -2.62. The number of carbonyl (C=O) groups is 4. The summed E-state index contributed by atoms with van der Waals surface area (Å²) < 4.78 is 0. The van der Waals surface area contributed by atoms with Gasteiger partial charge in [-0.3, -0.25) is 14.4 Å². The molecule has 0 spiro atoms. The minimum atomic E-state index is -0.333. The molecule has 0 saturated carbocycles. The van der Waals surface area contributed by atoms with Crippen molar-refractivity contribution in [3.63, 3.8) is 0 Å². The van der Waals surface area contributed by atoms with E-state index in [4.69, 9.17) is 10.8 Å². The summed E-state index contributed by atoms with van der Waals surface area (Å²) in [5, 5.41) is 13.5. The number of nitrogens with two attached hydrogens (primary N) is 3. The van der Waals surface area contributed by atoms with Crippen LogP contribution in [0.4, 0.5) is 0 Å². The third kappa shape index (κ3) is 1670. The first-order valence-electron chi connectivity index (χ1n) is 10.4. The van der Waals surface area contributed by atoms with E-state index in [1.165, 1.54) is 20.8 Å². The lowest BCUT2D eigenvalue weighted by Crippen LogP contribution is -2.01. The van der Waals surface area contributed by atoms with E-state index in [9.17, 15) is 19.2 Å². The van der Waals surface area contributed by atoms with Crippen LogP contribution in [0.15, 0.2) is 0 Å². The fraction of sp³-hybridized carbons (Fsp3) is 0.727. The Morgan fingerprint density at radius 2 is 0.594 bits per heavy atom. The third-order valence-corrected chi connectivity index (χ3v) is 1.56. The first-order valence-corrected chi connectivity index (χ1v) is 10.4. The zero-order valence-corrected chi connectivity index (χ0v) is 23.2. The van der Waals surface area contributed by atoms with Crippen LogP contribution in [0.2, 0.25) is 0 Å². The smallest absolute Gasteiger partial charge is 0.214 e. The second-order valence-electron chi connectivity index (χ2n) is 5.16. The quantitative estimate of drug-likeness (QED) is 0.326. The van der Waals surface area contributed by atoms with Gasteiger partial charge >= 0.3 is 0 Å². The molecule has 0 bridgehead atoms. The lowest BCUT2D eigenvalue weighted by Gasteiger charge is -1.77. The molecule has 0 unspecified atom stereocenters. The molecule has 0 aliphatic heterocycles. The Morgan fingerprint density at radius 1 is 0.531 bits per heavy atom. The molecule has 0 saturated heterocycles. The molecule has 3 amide bonds. The number of rotatable bonds is 3. The van der Waals surface area contributed by atoms with E-state index >= 15 is 0 Å². The van der Waals surface area contributed by atoms with E-state index in [1.54, 1.807) is 20.8 Å². The van der Waals surface area contributed by atoms with Crippen LogP contribution < -0.4 is 23.4 Å². The van der Waals surface area contributed by atoms with E-state index in [0.29, 0.717) is 6.42 Å². The van der Waals surface area contributed by atoms with Crippen LogP contribution in [-0.4, -0.2) is 34.9 Å². The first kappa shape index (κ1) is 57.0. The van der Waals surface area contributed by atoms with Gasteiger partial charge in [0, 0.05) is 38.6 Å². The molecule has 0 aliphatic carbocycles. The minimum absolute atomic E-state index is 0. The second kappa shape index (κ2) is 63.0. The van der Waals surface area contributed by atoms with Crippen LogP contribution >= 0.6 is 0 Å². The molecular weight excluding hydrogens is 412 g/mol. The minimum Gasteiger partial charge on any atom is -0.370 e. The maximum absolute atomic E-state index is 9.81. The van der Waals surface area contributed by atoms with Crippen molar-refractivity contribution in [1.29, 1.82) is 10.8 Å². The molecule has 0 aromatic heterocycles. The highest BCUT2D eigenvalue weighted by Gasteiger charge is 1.77. The summed E-state index contributed by atoms with van der Waals surface area (Å²) in [6.07, 6.45) is 2.44. The standard InChI is InChI=1S/2C4H9N.C4H8O.3C2H5NO.2C2H6.H3N/c3*1-3-4(2)5;3*1-2(3)4;2*1-2;/h2*5H,3H2,1-2H3;3H2,1-2H3;3*1H3,(H2,3,4);2*1-2H3;1H3. The van der Waals surface area contributed by atoms with Gasteiger partial charge < -0.3 is 39.0 Å². The fourth-order valence-corrected chi connectivity index (χ4v) is 0. The predicted molar refractivity (Wildman–Crippen MR) is 141 cm³/mol. The zero-order valence-electron chi connectivity index (χ0n) is 23.2. The zero-order chi connectivity index (χ0) is 27.6. The summed E-state index contributed by atoms with van der Waals surface area (Å²) in [7, 11) is 0. The van der Waals surface area contributed by atoms with Gasteiger partial charge in [-0.25, -0.2) is 0 Å². The van der Waals surface area contributed by atoms with E-state index in [0.717, 1.165) is 24.3 Å². The fourth-order valence-electron chi connectivity index (χ4n) is 0. The van der Waals surface area contributed by atoms with E-state index < -0.39 is 0 Å². The maximum Gasteiger partial charge on any atom is 0.214 e. The van der Waals surface area contributed by atoms with Gasteiger partial charge in [0.15, 0.2) is 0 Å². The average molecular weight is 469 g/mol. The summed E-state index contributed by atoms with van der Waals surface area (Å²) in [6.45, 7) is 22.9. The lowest BCUT2D eigenvalue weighted by atomic mass is 10.3. The molecule has 0 fully saturated rings. The number of carbonyl (C=O) groups excluding carboxylic acids is 4. The van der Waals surface area contributed by atoms with Crippen molar-refractivity contribution in [3.05, 3.63) is 0 Å². The van der Waals surface area contributed by atoms with Crippen LogP contribution in [0.3, 0.4) is 0 Å². The van der Waals surface area contributed by atoms with Crippen molar-refractivity contribution < 1.29 is 19.2 Å². The average Bonchev–Trinajstić information content (AvgIpc) is 2.64. The number of Topliss-reactive ketones (excluding diaryl/α,β-unsaturated/α-hetero) is 1. The Bertz CT molecular complexity index is 353. The summed E-state index contributed by atoms with van der Waals surface area (Å²) in [5.41, 5.74) is 14.9. The number of amides is 3. The molecule has 0 radical (unpaired) electrons. The number of hydrogen-bond acceptors (Lipinski definition) is 7. The number of ketones is 1. The van der Waals surface area contributed by atoms with Crippen LogP contribution in [0.5, 0.6) is 0 Å². The molecule has 0 aliphatic rings. The first-order chi connectivity index (χ1) is 14.0. The third-order valence-electron chi connectivity index (χ3n) is 1.56. The lowest BCUT2D eigenvalue weighted by molar-refractivity contribution is -0.117. The molecule has 0 aromatic rings. The maximum atomic E-state index is 9.81. The Labute approximate surface area is 198 Å². The molecular formula is C22H56N6O4. The highest BCUT2D eigenvalue weighted by Crippen LogP contribution is 1.73. The second-order valence-corrected chi connectivity index (χ2v) is 5.16. The van der Waals surface area contributed by atoms with Crippen LogP contribution in [0, 0.1) is 10.8 Å². The van der Waals surface area contributed by atoms with Gasteiger partial charge in [0.1, 0.15) is 5.78 Å². The summed E-state index contributed by atoms with van der Waals surface area (Å²) >= 11 is 0. The summed E-state index contributed by atoms with van der Waals surface area (Å²) in [6, 6.07) is 0. The van der Waals surface area contributed by atoms with E-state index in [1.807, 2.05) is 48.5 Å². The van der Waals surface area contributed by atoms with Crippen molar-refractivity contribution in [2.45, 2.75) is 109 Å². The molecule has 198 valence electrons. The Balaban J connectivity index is -0.0000000274. The molecule has 0 atom stereocenters. The highest BCUT2D eigenvalue weighted by atomic mass is 16.1. The molecule has 0 rings (SSSR count). The number of nitrogens with one attached hydrogen (secondary N) is 2. The molecule has 11 N–H and O–H groups in total. The van der Waals surface area contributed by atoms with Crippen molar-refractivity contribution in [2.75, 3.05) is 0 Å². The van der Waals surface area contributed by atoms with Crippen LogP contribution in [-0.2, 0) is 19.2 Å². The molecule has 0 aromatic carbocycles. The monoisotopic (exact) mass is 468 g/mol. The van der Waals surface area contributed by atoms with E-state index in [2.05, 4.69) is 17.2 Å². The molecule has 0 heterocycles.